The SMILES string of the molecule is COc1cccc(C(=O)NC(CCN)C(C)(C)C)c1. The van der Waals surface area contributed by atoms with Gasteiger partial charge in [-0.15, -0.1) is 0 Å². The van der Waals surface area contributed by atoms with E-state index >= 15 is 0 Å². The molecule has 0 radical (unpaired) electrons. The molecule has 0 saturated carbocycles. The predicted molar refractivity (Wildman–Crippen MR) is 77.4 cm³/mol. The lowest BCUT2D eigenvalue weighted by atomic mass is 9.84. The first-order chi connectivity index (χ1) is 8.88. The summed E-state index contributed by atoms with van der Waals surface area (Å²) in [4.78, 5) is 12.2. The number of carbonyl (C=O) groups excluding carboxylic acids is 1. The Hall–Kier alpha value is -1.55. The Morgan fingerprint density at radius 2 is 2.11 bits per heavy atom. The van der Waals surface area contributed by atoms with Gasteiger partial charge in [0.05, 0.1) is 7.11 Å². The van der Waals surface area contributed by atoms with Gasteiger partial charge in [-0.2, -0.15) is 0 Å². The molecule has 0 saturated heterocycles. The fraction of sp³-hybridized carbons (Fsp3) is 0.533. The summed E-state index contributed by atoms with van der Waals surface area (Å²) in [6, 6.07) is 7.19. The molecular formula is C15H24N2O2. The molecular weight excluding hydrogens is 240 g/mol. The Kier molecular flexibility index (Phi) is 5.36. The van der Waals surface area contributed by atoms with Crippen molar-refractivity contribution in [3.8, 4) is 5.75 Å². The molecule has 0 bridgehead atoms. The third-order valence-corrected chi connectivity index (χ3v) is 3.14. The Morgan fingerprint density at radius 3 is 2.63 bits per heavy atom. The highest BCUT2D eigenvalue weighted by Crippen LogP contribution is 2.22. The van der Waals surface area contributed by atoms with Crippen molar-refractivity contribution in [1.82, 2.24) is 5.32 Å². The molecule has 0 spiro atoms. The Bertz CT molecular complexity index is 424. The minimum absolute atomic E-state index is 0.0199. The fourth-order valence-corrected chi connectivity index (χ4v) is 1.89. The van der Waals surface area contributed by atoms with Crippen LogP contribution in [-0.4, -0.2) is 25.6 Å². The minimum Gasteiger partial charge on any atom is -0.497 e. The maximum absolute atomic E-state index is 12.2. The normalized spacial score (nSPS) is 12.9. The molecule has 0 aromatic heterocycles. The summed E-state index contributed by atoms with van der Waals surface area (Å²) in [6.07, 6.45) is 0.763. The summed E-state index contributed by atoms with van der Waals surface area (Å²) in [5.41, 5.74) is 6.20. The Morgan fingerprint density at radius 1 is 1.42 bits per heavy atom. The van der Waals surface area contributed by atoms with E-state index in [0.717, 1.165) is 6.42 Å². The smallest absolute Gasteiger partial charge is 0.251 e. The van der Waals surface area contributed by atoms with Crippen LogP contribution in [0.15, 0.2) is 24.3 Å². The molecule has 19 heavy (non-hydrogen) atoms. The average Bonchev–Trinajstić information content (AvgIpc) is 2.37. The van der Waals surface area contributed by atoms with E-state index in [1.807, 2.05) is 12.1 Å². The highest BCUT2D eigenvalue weighted by molar-refractivity contribution is 5.94. The van der Waals surface area contributed by atoms with Gasteiger partial charge in [0, 0.05) is 11.6 Å². The number of benzene rings is 1. The molecule has 0 fully saturated rings. The zero-order valence-corrected chi connectivity index (χ0v) is 12.2. The van der Waals surface area contributed by atoms with Gasteiger partial charge in [0.15, 0.2) is 0 Å². The van der Waals surface area contributed by atoms with Gasteiger partial charge in [-0.3, -0.25) is 4.79 Å². The first-order valence-corrected chi connectivity index (χ1v) is 6.53. The number of amides is 1. The van der Waals surface area contributed by atoms with Crippen LogP contribution in [0.25, 0.3) is 0 Å². The number of nitrogens with two attached hydrogens (primary N) is 1. The predicted octanol–water partition coefficient (Wildman–Crippen LogP) is 2.19. The van der Waals surface area contributed by atoms with Gasteiger partial charge in [-0.25, -0.2) is 0 Å². The van der Waals surface area contributed by atoms with Crippen molar-refractivity contribution in [2.24, 2.45) is 11.1 Å². The van der Waals surface area contributed by atoms with Crippen molar-refractivity contribution < 1.29 is 9.53 Å². The second-order valence-corrected chi connectivity index (χ2v) is 5.70. The topological polar surface area (TPSA) is 64.3 Å². The molecule has 1 aromatic carbocycles. The maximum Gasteiger partial charge on any atom is 0.251 e. The summed E-state index contributed by atoms with van der Waals surface area (Å²) >= 11 is 0. The number of ether oxygens (including phenoxy) is 1. The summed E-state index contributed by atoms with van der Waals surface area (Å²) in [5, 5.41) is 3.05. The molecule has 106 valence electrons. The maximum atomic E-state index is 12.2. The largest absolute Gasteiger partial charge is 0.497 e. The quantitative estimate of drug-likeness (QED) is 0.857. The van der Waals surface area contributed by atoms with E-state index < -0.39 is 0 Å². The lowest BCUT2D eigenvalue weighted by molar-refractivity contribution is 0.0898. The third-order valence-electron chi connectivity index (χ3n) is 3.14. The third kappa shape index (κ3) is 4.56. The number of carbonyl (C=O) groups is 1. The van der Waals surface area contributed by atoms with Crippen LogP contribution in [0.5, 0.6) is 5.75 Å². The van der Waals surface area contributed by atoms with Gasteiger partial charge in [0.25, 0.3) is 5.91 Å². The van der Waals surface area contributed by atoms with E-state index in [1.165, 1.54) is 0 Å². The number of rotatable bonds is 5. The van der Waals surface area contributed by atoms with Gasteiger partial charge >= 0.3 is 0 Å². The van der Waals surface area contributed by atoms with Crippen LogP contribution in [0.4, 0.5) is 0 Å². The highest BCUT2D eigenvalue weighted by atomic mass is 16.5. The lowest BCUT2D eigenvalue weighted by Gasteiger charge is -2.31. The standard InChI is InChI=1S/C15H24N2O2/c1-15(2,3)13(8-9-16)17-14(18)11-6-5-7-12(10-11)19-4/h5-7,10,13H,8-9,16H2,1-4H3,(H,17,18). The van der Waals surface area contributed by atoms with E-state index in [1.54, 1.807) is 19.2 Å². The van der Waals surface area contributed by atoms with Crippen molar-refractivity contribution in [2.75, 3.05) is 13.7 Å². The van der Waals surface area contributed by atoms with Crippen molar-refractivity contribution in [2.45, 2.75) is 33.2 Å². The van der Waals surface area contributed by atoms with Crippen LogP contribution < -0.4 is 15.8 Å². The zero-order valence-electron chi connectivity index (χ0n) is 12.2. The molecule has 0 aliphatic heterocycles. The molecule has 1 unspecified atom stereocenters. The van der Waals surface area contributed by atoms with Gasteiger partial charge in [0.2, 0.25) is 0 Å². The molecule has 0 aliphatic carbocycles. The number of nitrogens with one attached hydrogen (secondary N) is 1. The van der Waals surface area contributed by atoms with E-state index in [-0.39, 0.29) is 17.4 Å². The summed E-state index contributed by atoms with van der Waals surface area (Å²) < 4.78 is 5.12. The van der Waals surface area contributed by atoms with E-state index in [0.29, 0.717) is 17.9 Å². The first kappa shape index (κ1) is 15.5. The number of hydrogen-bond donors (Lipinski definition) is 2. The summed E-state index contributed by atoms with van der Waals surface area (Å²) in [7, 11) is 1.59. The van der Waals surface area contributed by atoms with E-state index in [4.69, 9.17) is 10.5 Å². The molecule has 0 heterocycles. The van der Waals surface area contributed by atoms with Gasteiger partial charge in [-0.1, -0.05) is 26.8 Å². The Labute approximate surface area is 115 Å². The minimum atomic E-state index is -0.0905. The molecule has 0 aliphatic rings. The zero-order chi connectivity index (χ0) is 14.5. The summed E-state index contributed by atoms with van der Waals surface area (Å²) in [5.74, 6) is 0.589. The second kappa shape index (κ2) is 6.57. The molecule has 1 rings (SSSR count). The van der Waals surface area contributed by atoms with Crippen molar-refractivity contribution >= 4 is 5.91 Å². The van der Waals surface area contributed by atoms with Crippen molar-refractivity contribution in [3.63, 3.8) is 0 Å². The van der Waals surface area contributed by atoms with Gasteiger partial charge in [0.1, 0.15) is 5.75 Å². The van der Waals surface area contributed by atoms with E-state index in [9.17, 15) is 4.79 Å². The van der Waals surface area contributed by atoms with Crippen LogP contribution in [0.1, 0.15) is 37.6 Å². The van der Waals surface area contributed by atoms with Crippen LogP contribution in [-0.2, 0) is 0 Å². The molecule has 3 N–H and O–H groups in total. The van der Waals surface area contributed by atoms with Crippen molar-refractivity contribution in [3.05, 3.63) is 29.8 Å². The van der Waals surface area contributed by atoms with Crippen LogP contribution in [0, 0.1) is 5.41 Å². The Balaban J connectivity index is 2.81. The van der Waals surface area contributed by atoms with Crippen molar-refractivity contribution in [1.29, 1.82) is 0 Å². The number of methoxy groups -OCH3 is 1. The molecule has 1 atom stereocenters. The molecule has 1 aromatic rings. The fourth-order valence-electron chi connectivity index (χ4n) is 1.89. The molecule has 4 nitrogen and oxygen atoms in total. The highest BCUT2D eigenvalue weighted by Gasteiger charge is 2.25. The van der Waals surface area contributed by atoms with Gasteiger partial charge in [-0.05, 0) is 36.6 Å². The van der Waals surface area contributed by atoms with Crippen LogP contribution >= 0.6 is 0 Å². The monoisotopic (exact) mass is 264 g/mol. The second-order valence-electron chi connectivity index (χ2n) is 5.70. The molecule has 4 heteroatoms. The van der Waals surface area contributed by atoms with Gasteiger partial charge < -0.3 is 15.8 Å². The number of hydrogen-bond acceptors (Lipinski definition) is 3. The first-order valence-electron chi connectivity index (χ1n) is 6.53. The lowest BCUT2D eigenvalue weighted by Crippen LogP contribution is -2.44. The summed E-state index contributed by atoms with van der Waals surface area (Å²) in [6.45, 7) is 6.85. The van der Waals surface area contributed by atoms with Crippen LogP contribution in [0.2, 0.25) is 0 Å². The average molecular weight is 264 g/mol. The van der Waals surface area contributed by atoms with Crippen LogP contribution in [0.3, 0.4) is 0 Å². The molecule has 1 amide bonds. The van der Waals surface area contributed by atoms with E-state index in [2.05, 4.69) is 26.1 Å².